The summed E-state index contributed by atoms with van der Waals surface area (Å²) in [6, 6.07) is 2.16. The van der Waals surface area contributed by atoms with Gasteiger partial charge in [0.2, 0.25) is 5.91 Å². The standard InChI is InChI=1S/C15H17N3O2S2/c1-3-7-18-14(20)12-11(6-8-21-12)17-15(18)22-9(2)13(19)16-10-4-5-10/h3,6,8-10H,1,4-5,7H2,2H3,(H,16,19)/t9-/m0/s1. The highest BCUT2D eigenvalue weighted by molar-refractivity contribution is 8.00. The molecule has 22 heavy (non-hydrogen) atoms. The molecule has 1 aliphatic carbocycles. The van der Waals surface area contributed by atoms with E-state index in [1.807, 2.05) is 18.4 Å². The second kappa shape index (κ2) is 6.26. The molecule has 1 atom stereocenters. The van der Waals surface area contributed by atoms with Gasteiger partial charge in [0.05, 0.1) is 10.8 Å². The molecular formula is C15H17N3O2S2. The Morgan fingerprint density at radius 1 is 1.68 bits per heavy atom. The highest BCUT2D eigenvalue weighted by Crippen LogP contribution is 2.26. The van der Waals surface area contributed by atoms with Crippen molar-refractivity contribution in [1.82, 2.24) is 14.9 Å². The summed E-state index contributed by atoms with van der Waals surface area (Å²) in [6.45, 7) is 5.92. The lowest BCUT2D eigenvalue weighted by atomic mass is 10.4. The van der Waals surface area contributed by atoms with Gasteiger partial charge in [-0.3, -0.25) is 14.2 Å². The van der Waals surface area contributed by atoms with Crippen LogP contribution in [0.15, 0.2) is 34.1 Å². The summed E-state index contributed by atoms with van der Waals surface area (Å²) in [5, 5.41) is 5.11. The first-order valence-electron chi connectivity index (χ1n) is 7.16. The predicted molar refractivity (Wildman–Crippen MR) is 90.6 cm³/mol. The number of allylic oxidation sites excluding steroid dienone is 1. The van der Waals surface area contributed by atoms with Crippen molar-refractivity contribution in [2.24, 2.45) is 0 Å². The van der Waals surface area contributed by atoms with Gasteiger partial charge in [-0.15, -0.1) is 17.9 Å². The zero-order valence-corrected chi connectivity index (χ0v) is 13.9. The van der Waals surface area contributed by atoms with Crippen LogP contribution in [0.25, 0.3) is 10.2 Å². The molecule has 1 aliphatic rings. The molecule has 5 nitrogen and oxygen atoms in total. The molecule has 2 aromatic rings. The summed E-state index contributed by atoms with van der Waals surface area (Å²) in [7, 11) is 0. The number of nitrogens with zero attached hydrogens (tertiary/aromatic N) is 2. The van der Waals surface area contributed by atoms with E-state index in [2.05, 4.69) is 16.9 Å². The molecule has 0 unspecified atom stereocenters. The van der Waals surface area contributed by atoms with E-state index in [1.165, 1.54) is 23.1 Å². The van der Waals surface area contributed by atoms with E-state index >= 15 is 0 Å². The average molecular weight is 335 g/mol. The molecule has 0 spiro atoms. The van der Waals surface area contributed by atoms with E-state index in [4.69, 9.17) is 0 Å². The summed E-state index contributed by atoms with van der Waals surface area (Å²) in [6.07, 6.45) is 3.79. The monoisotopic (exact) mass is 335 g/mol. The zero-order chi connectivity index (χ0) is 15.7. The van der Waals surface area contributed by atoms with Crippen LogP contribution in [0.5, 0.6) is 0 Å². The number of thioether (sulfide) groups is 1. The van der Waals surface area contributed by atoms with Crippen LogP contribution in [0, 0.1) is 0 Å². The van der Waals surface area contributed by atoms with Gasteiger partial charge < -0.3 is 5.32 Å². The van der Waals surface area contributed by atoms with Crippen molar-refractivity contribution in [3.63, 3.8) is 0 Å². The van der Waals surface area contributed by atoms with Crippen molar-refractivity contribution in [3.8, 4) is 0 Å². The largest absolute Gasteiger partial charge is 0.352 e. The molecule has 2 aromatic heterocycles. The number of hydrogen-bond donors (Lipinski definition) is 1. The molecule has 3 rings (SSSR count). The number of aromatic nitrogens is 2. The maximum Gasteiger partial charge on any atom is 0.272 e. The Bertz CT molecular complexity index is 777. The Kier molecular flexibility index (Phi) is 4.35. The molecule has 0 aromatic carbocycles. The number of thiophene rings is 1. The zero-order valence-electron chi connectivity index (χ0n) is 12.2. The summed E-state index contributed by atoms with van der Waals surface area (Å²) in [5.74, 6) is -0.00248. The lowest BCUT2D eigenvalue weighted by molar-refractivity contribution is -0.120. The Balaban J connectivity index is 1.90. The Morgan fingerprint density at radius 3 is 3.14 bits per heavy atom. The number of amides is 1. The summed E-state index contributed by atoms with van der Waals surface area (Å²) in [5.41, 5.74) is 0.616. The third-order valence-corrected chi connectivity index (χ3v) is 5.40. The molecule has 7 heteroatoms. The van der Waals surface area contributed by atoms with E-state index in [-0.39, 0.29) is 16.7 Å². The molecular weight excluding hydrogens is 318 g/mol. The van der Waals surface area contributed by atoms with Crippen molar-refractivity contribution >= 4 is 39.2 Å². The van der Waals surface area contributed by atoms with Gasteiger partial charge in [0.25, 0.3) is 5.56 Å². The van der Waals surface area contributed by atoms with E-state index in [9.17, 15) is 9.59 Å². The third-order valence-electron chi connectivity index (χ3n) is 3.42. The number of nitrogens with one attached hydrogen (secondary N) is 1. The molecule has 1 saturated carbocycles. The summed E-state index contributed by atoms with van der Waals surface area (Å²) >= 11 is 2.70. The van der Waals surface area contributed by atoms with Crippen molar-refractivity contribution in [2.75, 3.05) is 0 Å². The smallest absolute Gasteiger partial charge is 0.272 e. The minimum Gasteiger partial charge on any atom is -0.352 e. The van der Waals surface area contributed by atoms with Gasteiger partial charge in [0.1, 0.15) is 4.70 Å². The minimum atomic E-state index is -0.292. The second-order valence-corrected chi connectivity index (χ2v) is 7.50. The number of carbonyl (C=O) groups excluding carboxylic acids is 1. The van der Waals surface area contributed by atoms with Crippen LogP contribution in [0.2, 0.25) is 0 Å². The highest BCUT2D eigenvalue weighted by atomic mass is 32.2. The Labute approximate surface area is 136 Å². The fourth-order valence-corrected chi connectivity index (χ4v) is 3.77. The maximum atomic E-state index is 12.5. The van der Waals surface area contributed by atoms with Crippen molar-refractivity contribution in [2.45, 2.75) is 42.8 Å². The van der Waals surface area contributed by atoms with Gasteiger partial charge in [-0.25, -0.2) is 4.98 Å². The average Bonchev–Trinajstić information content (AvgIpc) is 3.17. The van der Waals surface area contributed by atoms with E-state index in [0.29, 0.717) is 28.0 Å². The third kappa shape index (κ3) is 3.10. The van der Waals surface area contributed by atoms with Gasteiger partial charge >= 0.3 is 0 Å². The number of fused-ring (bicyclic) bond motifs is 1. The van der Waals surface area contributed by atoms with Crippen LogP contribution >= 0.6 is 23.1 Å². The van der Waals surface area contributed by atoms with Crippen molar-refractivity contribution in [3.05, 3.63) is 34.5 Å². The van der Waals surface area contributed by atoms with Crippen LogP contribution in [-0.4, -0.2) is 26.8 Å². The molecule has 2 heterocycles. The molecule has 1 fully saturated rings. The van der Waals surface area contributed by atoms with Crippen LogP contribution in [0.3, 0.4) is 0 Å². The minimum absolute atomic E-state index is 0.00248. The fraction of sp³-hybridized carbons (Fsp3) is 0.400. The first-order valence-corrected chi connectivity index (χ1v) is 8.92. The van der Waals surface area contributed by atoms with Crippen molar-refractivity contribution in [1.29, 1.82) is 0 Å². The highest BCUT2D eigenvalue weighted by Gasteiger charge is 2.27. The van der Waals surface area contributed by atoms with Crippen molar-refractivity contribution < 1.29 is 4.79 Å². The topological polar surface area (TPSA) is 64.0 Å². The van der Waals surface area contributed by atoms with Crippen LogP contribution in [0.1, 0.15) is 19.8 Å². The summed E-state index contributed by atoms with van der Waals surface area (Å²) < 4.78 is 2.22. The lowest BCUT2D eigenvalue weighted by Gasteiger charge is -2.14. The second-order valence-electron chi connectivity index (χ2n) is 5.28. The van der Waals surface area contributed by atoms with Crippen LogP contribution < -0.4 is 10.9 Å². The fourth-order valence-electron chi connectivity index (χ4n) is 2.06. The molecule has 0 aliphatic heterocycles. The maximum absolute atomic E-state index is 12.5. The van der Waals surface area contributed by atoms with E-state index in [1.54, 1.807) is 10.6 Å². The van der Waals surface area contributed by atoms with E-state index in [0.717, 1.165) is 12.8 Å². The SMILES string of the molecule is C=CCn1c(S[C@@H](C)C(=O)NC2CC2)nc2ccsc2c1=O. The van der Waals surface area contributed by atoms with Crippen LogP contribution in [-0.2, 0) is 11.3 Å². The molecule has 0 saturated heterocycles. The lowest BCUT2D eigenvalue weighted by Crippen LogP contribution is -2.33. The van der Waals surface area contributed by atoms with Gasteiger partial charge in [0.15, 0.2) is 5.16 Å². The number of hydrogen-bond acceptors (Lipinski definition) is 5. The Morgan fingerprint density at radius 2 is 2.45 bits per heavy atom. The van der Waals surface area contributed by atoms with Gasteiger partial charge in [-0.05, 0) is 31.2 Å². The Hall–Kier alpha value is -1.60. The molecule has 116 valence electrons. The molecule has 1 N–H and O–H groups in total. The molecule has 0 radical (unpaired) electrons. The van der Waals surface area contributed by atoms with Gasteiger partial charge in [-0.1, -0.05) is 17.8 Å². The van der Waals surface area contributed by atoms with E-state index < -0.39 is 0 Å². The number of rotatable bonds is 6. The normalized spacial score (nSPS) is 15.7. The van der Waals surface area contributed by atoms with Gasteiger partial charge in [0, 0.05) is 12.6 Å². The quantitative estimate of drug-likeness (QED) is 0.500. The van der Waals surface area contributed by atoms with Gasteiger partial charge in [-0.2, -0.15) is 0 Å². The molecule has 0 bridgehead atoms. The number of carbonyl (C=O) groups is 1. The first-order chi connectivity index (χ1) is 10.6. The predicted octanol–water partition coefficient (Wildman–Crippen LogP) is 2.40. The molecule has 1 amide bonds. The van der Waals surface area contributed by atoms with Crippen LogP contribution in [0.4, 0.5) is 0 Å². The summed E-state index contributed by atoms with van der Waals surface area (Å²) in [4.78, 5) is 29.2. The first kappa shape index (κ1) is 15.3.